The number of amides is 2. The van der Waals surface area contributed by atoms with Gasteiger partial charge in [-0.1, -0.05) is 105 Å². The number of aliphatic hydroxyl groups is 1. The van der Waals surface area contributed by atoms with E-state index in [4.69, 9.17) is 4.74 Å². The van der Waals surface area contributed by atoms with Crippen molar-refractivity contribution in [2.24, 2.45) is 17.8 Å². The Kier molecular flexibility index (Phi) is 16.9. The predicted octanol–water partition coefficient (Wildman–Crippen LogP) is 6.50. The van der Waals surface area contributed by atoms with Crippen LogP contribution in [0.2, 0.25) is 0 Å². The van der Waals surface area contributed by atoms with Crippen molar-refractivity contribution >= 4 is 17.8 Å². The first-order valence-corrected chi connectivity index (χ1v) is 17.1. The number of rotatable bonds is 21. The highest BCUT2D eigenvalue weighted by molar-refractivity contribution is 5.86. The fourth-order valence-corrected chi connectivity index (χ4v) is 6.38. The van der Waals surface area contributed by atoms with Gasteiger partial charge in [0.15, 0.2) is 0 Å². The highest BCUT2D eigenvalue weighted by Gasteiger charge is 2.28. The number of allylic oxidation sites excluding steroid dienone is 2. The van der Waals surface area contributed by atoms with Crippen molar-refractivity contribution in [1.29, 1.82) is 0 Å². The van der Waals surface area contributed by atoms with Crippen LogP contribution >= 0.6 is 0 Å². The number of ether oxygens (including phenoxy) is 1. The Morgan fingerprint density at radius 3 is 2.11 bits per heavy atom. The molecule has 1 saturated carbocycles. The minimum atomic E-state index is -0.622. The van der Waals surface area contributed by atoms with Crippen LogP contribution in [0, 0.1) is 17.8 Å². The van der Waals surface area contributed by atoms with E-state index in [0.717, 1.165) is 43.2 Å². The molecule has 2 amide bonds. The molecule has 0 heterocycles. The second-order valence-electron chi connectivity index (χ2n) is 12.7. The maximum absolute atomic E-state index is 13.6. The molecule has 4 atom stereocenters. The second-order valence-corrected chi connectivity index (χ2v) is 12.7. The molecule has 250 valence electrons. The van der Waals surface area contributed by atoms with Crippen molar-refractivity contribution in [2.75, 3.05) is 13.2 Å². The van der Waals surface area contributed by atoms with Crippen molar-refractivity contribution in [3.05, 3.63) is 97.1 Å². The van der Waals surface area contributed by atoms with Gasteiger partial charge in [-0.15, -0.1) is 13.2 Å². The van der Waals surface area contributed by atoms with Gasteiger partial charge in [-0.05, 0) is 62.0 Å². The van der Waals surface area contributed by atoms with Gasteiger partial charge in [-0.3, -0.25) is 14.4 Å². The Hall–Kier alpha value is -3.71. The molecular weight excluding hydrogens is 576 g/mol. The molecule has 46 heavy (non-hydrogen) atoms. The molecule has 0 bridgehead atoms. The van der Waals surface area contributed by atoms with Crippen LogP contribution in [-0.2, 0) is 32.0 Å². The Bertz CT molecular complexity index is 1200. The van der Waals surface area contributed by atoms with Gasteiger partial charge in [-0.25, -0.2) is 0 Å². The summed E-state index contributed by atoms with van der Waals surface area (Å²) in [6.45, 7) is 7.52. The number of nitrogens with one attached hydrogen (secondary N) is 2. The molecule has 2 aromatic rings. The molecule has 7 nitrogen and oxygen atoms in total. The van der Waals surface area contributed by atoms with Crippen molar-refractivity contribution in [2.45, 2.75) is 95.6 Å². The first-order valence-electron chi connectivity index (χ1n) is 17.1. The minimum Gasteiger partial charge on any atom is -0.463 e. The molecular formula is C39H54N2O5. The van der Waals surface area contributed by atoms with E-state index >= 15 is 0 Å². The summed E-state index contributed by atoms with van der Waals surface area (Å²) in [4.78, 5) is 40.1. The molecule has 0 unspecified atom stereocenters. The van der Waals surface area contributed by atoms with Gasteiger partial charge in [0.25, 0.3) is 0 Å². The van der Waals surface area contributed by atoms with Gasteiger partial charge in [-0.2, -0.15) is 0 Å². The lowest BCUT2D eigenvalue weighted by Crippen LogP contribution is -2.45. The zero-order valence-corrected chi connectivity index (χ0v) is 27.4. The smallest absolute Gasteiger partial charge is 0.309 e. The fourth-order valence-electron chi connectivity index (χ4n) is 6.38. The molecule has 1 aliphatic rings. The minimum absolute atomic E-state index is 0.0263. The summed E-state index contributed by atoms with van der Waals surface area (Å²) in [5.74, 6) is -1.23. The Morgan fingerprint density at radius 2 is 1.50 bits per heavy atom. The third-order valence-electron chi connectivity index (χ3n) is 8.90. The summed E-state index contributed by atoms with van der Waals surface area (Å²) < 4.78 is 5.95. The van der Waals surface area contributed by atoms with Crippen LogP contribution in [0.25, 0.3) is 0 Å². The van der Waals surface area contributed by atoms with E-state index in [0.29, 0.717) is 31.6 Å². The molecule has 0 saturated heterocycles. The van der Waals surface area contributed by atoms with E-state index in [1.807, 2.05) is 66.7 Å². The van der Waals surface area contributed by atoms with E-state index in [1.54, 1.807) is 6.08 Å². The van der Waals surface area contributed by atoms with Crippen molar-refractivity contribution in [3.63, 3.8) is 0 Å². The monoisotopic (exact) mass is 630 g/mol. The van der Waals surface area contributed by atoms with E-state index in [2.05, 4.69) is 23.8 Å². The van der Waals surface area contributed by atoms with Crippen molar-refractivity contribution in [3.8, 4) is 0 Å². The standard InChI is InChI=1S/C39H54N2O5/c1-3-5-9-23-34(24-30-17-10-6-11-18-30)39(45)46-29-36(26-32-21-14-8-15-22-32)41-38(44)33(16-4-2)27-37(43)40-35(28-42)25-31-19-12-7-13-20-31/h3-4,6-7,10-13,17-20,32-36,42H,1-2,5,8-9,14-16,21-29H2,(H,40,43)(H,41,44)/t33-,34-,35+,36+/m1/s1. The Balaban J connectivity index is 1.64. The largest absolute Gasteiger partial charge is 0.463 e. The summed E-state index contributed by atoms with van der Waals surface area (Å²) in [6.07, 6.45) is 13.8. The summed E-state index contributed by atoms with van der Waals surface area (Å²) >= 11 is 0. The second kappa shape index (κ2) is 21.2. The van der Waals surface area contributed by atoms with Crippen LogP contribution < -0.4 is 10.6 Å². The van der Waals surface area contributed by atoms with Crippen LogP contribution in [-0.4, -0.2) is 48.2 Å². The molecule has 3 rings (SSSR count). The van der Waals surface area contributed by atoms with E-state index in [1.165, 1.54) is 19.3 Å². The van der Waals surface area contributed by atoms with E-state index in [-0.39, 0.29) is 49.4 Å². The lowest BCUT2D eigenvalue weighted by molar-refractivity contribution is -0.150. The van der Waals surface area contributed by atoms with Gasteiger partial charge >= 0.3 is 5.97 Å². The molecule has 0 aromatic heterocycles. The maximum atomic E-state index is 13.6. The van der Waals surface area contributed by atoms with Gasteiger partial charge in [0, 0.05) is 6.42 Å². The molecule has 0 aliphatic heterocycles. The number of benzene rings is 2. The van der Waals surface area contributed by atoms with Gasteiger partial charge < -0.3 is 20.5 Å². The number of aliphatic hydroxyl groups excluding tert-OH is 1. The van der Waals surface area contributed by atoms with Crippen molar-refractivity contribution in [1.82, 2.24) is 10.6 Å². The highest BCUT2D eigenvalue weighted by Crippen LogP contribution is 2.28. The molecule has 7 heteroatoms. The third kappa shape index (κ3) is 13.7. The molecule has 3 N–H and O–H groups in total. The van der Waals surface area contributed by atoms with E-state index in [9.17, 15) is 19.5 Å². The average molecular weight is 631 g/mol. The summed E-state index contributed by atoms with van der Waals surface area (Å²) in [7, 11) is 0. The molecule has 2 aromatic carbocycles. The van der Waals surface area contributed by atoms with Crippen LogP contribution in [0.15, 0.2) is 86.0 Å². The quantitative estimate of drug-likeness (QED) is 0.0830. The number of carbonyl (C=O) groups is 3. The summed E-state index contributed by atoms with van der Waals surface area (Å²) in [5.41, 5.74) is 2.10. The average Bonchev–Trinajstić information content (AvgIpc) is 3.07. The third-order valence-corrected chi connectivity index (χ3v) is 8.90. The summed E-state index contributed by atoms with van der Waals surface area (Å²) in [5, 5.41) is 15.9. The molecule has 1 fully saturated rings. The van der Waals surface area contributed by atoms with E-state index < -0.39 is 12.0 Å². The van der Waals surface area contributed by atoms with Gasteiger partial charge in [0.05, 0.1) is 30.5 Å². The maximum Gasteiger partial charge on any atom is 0.309 e. The highest BCUT2D eigenvalue weighted by atomic mass is 16.5. The topological polar surface area (TPSA) is 105 Å². The van der Waals surface area contributed by atoms with Gasteiger partial charge in [0.2, 0.25) is 11.8 Å². The number of unbranched alkanes of at least 4 members (excludes halogenated alkanes) is 1. The SMILES string of the molecule is C=CCCC[C@H](Cc1ccccc1)C(=O)OC[C@H](CC1CCCCC1)NC(=O)[C@H](CC=C)CC(=O)N[C@H](CO)Cc1ccccc1. The van der Waals surface area contributed by atoms with Crippen LogP contribution in [0.3, 0.4) is 0 Å². The molecule has 0 spiro atoms. The lowest BCUT2D eigenvalue weighted by atomic mass is 9.84. The van der Waals surface area contributed by atoms with Crippen molar-refractivity contribution < 1.29 is 24.2 Å². The van der Waals surface area contributed by atoms with Crippen LogP contribution in [0.4, 0.5) is 0 Å². The molecule has 0 radical (unpaired) electrons. The molecule has 1 aliphatic carbocycles. The fraction of sp³-hybridized carbons (Fsp3) is 0.513. The Morgan fingerprint density at radius 1 is 0.848 bits per heavy atom. The lowest BCUT2D eigenvalue weighted by Gasteiger charge is -2.29. The first kappa shape index (κ1) is 36.8. The number of carbonyl (C=O) groups excluding carboxylic acids is 3. The number of esters is 1. The predicted molar refractivity (Wildman–Crippen MR) is 184 cm³/mol. The number of hydrogen-bond donors (Lipinski definition) is 3. The zero-order valence-electron chi connectivity index (χ0n) is 27.4. The Labute approximate surface area is 275 Å². The normalized spacial score (nSPS) is 15.9. The van der Waals surface area contributed by atoms with Crippen LogP contribution in [0.1, 0.15) is 81.8 Å². The zero-order chi connectivity index (χ0) is 33.0. The number of hydrogen-bond acceptors (Lipinski definition) is 5. The van der Waals surface area contributed by atoms with Crippen LogP contribution in [0.5, 0.6) is 0 Å². The summed E-state index contributed by atoms with van der Waals surface area (Å²) in [6, 6.07) is 18.8. The first-order chi connectivity index (χ1) is 22.4. The van der Waals surface area contributed by atoms with Gasteiger partial charge in [0.1, 0.15) is 6.61 Å².